The van der Waals surface area contributed by atoms with Gasteiger partial charge >= 0.3 is 0 Å². The van der Waals surface area contributed by atoms with E-state index in [0.717, 1.165) is 34.9 Å². The fraction of sp³-hybridized carbons (Fsp3) is 0.289. The molecule has 0 aliphatic carbocycles. The molecule has 7 rings (SSSR count). The Morgan fingerprint density at radius 1 is 1.04 bits per heavy atom. The van der Waals surface area contributed by atoms with Crippen LogP contribution in [0.4, 0.5) is 17.1 Å². The Bertz CT molecular complexity index is 1930. The van der Waals surface area contributed by atoms with Crippen LogP contribution < -0.4 is 14.5 Å². The van der Waals surface area contributed by atoms with E-state index >= 15 is 0 Å². The molecule has 9 heteroatoms. The van der Waals surface area contributed by atoms with Gasteiger partial charge in [0.15, 0.2) is 5.60 Å². The summed E-state index contributed by atoms with van der Waals surface area (Å²) in [6.45, 7) is 2.49. The van der Waals surface area contributed by atoms with E-state index in [9.17, 15) is 24.6 Å². The summed E-state index contributed by atoms with van der Waals surface area (Å²) in [5, 5.41) is 23.7. The molecular weight excluding hydrogens is 594 g/mol. The quantitative estimate of drug-likeness (QED) is 0.238. The number of rotatable bonds is 9. The highest BCUT2D eigenvalue weighted by Crippen LogP contribution is 2.48. The van der Waals surface area contributed by atoms with Gasteiger partial charge in [-0.05, 0) is 66.3 Å². The average molecular weight is 632 g/mol. The lowest BCUT2D eigenvalue weighted by atomic mass is 9.83. The third kappa shape index (κ3) is 4.97. The average Bonchev–Trinajstić information content (AvgIpc) is 3.75. The number of benzene rings is 4. The minimum atomic E-state index is -1.90. The van der Waals surface area contributed by atoms with Gasteiger partial charge < -0.3 is 24.7 Å². The number of ether oxygens (including phenoxy) is 1. The van der Waals surface area contributed by atoms with Crippen LogP contribution in [-0.2, 0) is 21.7 Å². The third-order valence-electron chi connectivity index (χ3n) is 9.83. The molecule has 47 heavy (non-hydrogen) atoms. The van der Waals surface area contributed by atoms with Crippen LogP contribution >= 0.6 is 0 Å². The molecule has 9 nitrogen and oxygen atoms in total. The van der Waals surface area contributed by atoms with Crippen molar-refractivity contribution in [3.05, 3.63) is 108 Å². The molecule has 2 N–H and O–H groups in total. The number of nitrogens with zero attached hydrogens (tertiary/aromatic N) is 3. The first-order valence-electron chi connectivity index (χ1n) is 16.0. The molecule has 0 bridgehead atoms. The van der Waals surface area contributed by atoms with Crippen LogP contribution in [0.2, 0.25) is 0 Å². The van der Waals surface area contributed by atoms with E-state index < -0.39 is 17.4 Å². The SMILES string of the molecule is COc1ccc2c(c1)[C@@](O)([C@H](C)/C=C/CC(=O)N1CCC[C@H]1CO)C(=O)N2Cc1cccc(N2C(=O)c3cccc4cccc2c34)c1. The van der Waals surface area contributed by atoms with E-state index in [1.165, 1.54) is 7.11 Å². The number of anilines is 3. The van der Waals surface area contributed by atoms with Crippen LogP contribution in [0.25, 0.3) is 10.8 Å². The number of likely N-dealkylation sites (tertiary alicyclic amines) is 1. The summed E-state index contributed by atoms with van der Waals surface area (Å²) >= 11 is 0. The molecule has 3 aliphatic heterocycles. The van der Waals surface area contributed by atoms with E-state index in [0.29, 0.717) is 34.8 Å². The van der Waals surface area contributed by atoms with Crippen molar-refractivity contribution in [1.29, 1.82) is 0 Å². The molecule has 0 spiro atoms. The van der Waals surface area contributed by atoms with Gasteiger partial charge in [-0.2, -0.15) is 0 Å². The summed E-state index contributed by atoms with van der Waals surface area (Å²) in [4.78, 5) is 45.6. The minimum Gasteiger partial charge on any atom is -0.497 e. The first-order chi connectivity index (χ1) is 22.8. The summed E-state index contributed by atoms with van der Waals surface area (Å²) in [5.41, 5.74) is 2.05. The number of hydrogen-bond donors (Lipinski definition) is 2. The second-order valence-electron chi connectivity index (χ2n) is 12.5. The maximum Gasteiger partial charge on any atom is 0.264 e. The van der Waals surface area contributed by atoms with Crippen molar-refractivity contribution < 1.29 is 29.3 Å². The molecular formula is C38H37N3O6. The molecule has 3 atom stereocenters. The number of fused-ring (bicyclic) bond motifs is 1. The Morgan fingerprint density at radius 3 is 2.62 bits per heavy atom. The first kappa shape index (κ1) is 30.7. The van der Waals surface area contributed by atoms with Crippen molar-refractivity contribution in [3.8, 4) is 5.75 Å². The maximum absolute atomic E-state index is 14.2. The number of hydrogen-bond acceptors (Lipinski definition) is 6. The Balaban J connectivity index is 1.16. The van der Waals surface area contributed by atoms with Crippen molar-refractivity contribution in [2.75, 3.05) is 30.1 Å². The van der Waals surface area contributed by atoms with Crippen LogP contribution in [0.1, 0.15) is 47.7 Å². The van der Waals surface area contributed by atoms with Crippen LogP contribution in [0.15, 0.2) is 91.0 Å². The zero-order valence-electron chi connectivity index (χ0n) is 26.4. The Kier molecular flexibility index (Phi) is 7.82. The first-order valence-corrected chi connectivity index (χ1v) is 16.0. The van der Waals surface area contributed by atoms with Gasteiger partial charge in [0.1, 0.15) is 5.75 Å². The molecule has 0 aromatic heterocycles. The smallest absolute Gasteiger partial charge is 0.264 e. The lowest BCUT2D eigenvalue weighted by Crippen LogP contribution is -2.44. The fourth-order valence-electron chi connectivity index (χ4n) is 7.34. The number of methoxy groups -OCH3 is 1. The molecule has 3 amide bonds. The molecule has 4 aromatic carbocycles. The van der Waals surface area contributed by atoms with Gasteiger partial charge in [-0.3, -0.25) is 19.3 Å². The predicted molar refractivity (Wildman–Crippen MR) is 180 cm³/mol. The van der Waals surface area contributed by atoms with Gasteiger partial charge in [0.25, 0.3) is 11.8 Å². The van der Waals surface area contributed by atoms with E-state index in [4.69, 9.17) is 4.74 Å². The topological polar surface area (TPSA) is 111 Å². The van der Waals surface area contributed by atoms with Crippen molar-refractivity contribution in [2.24, 2.45) is 5.92 Å². The van der Waals surface area contributed by atoms with Gasteiger partial charge in [-0.25, -0.2) is 0 Å². The Labute approximate surface area is 273 Å². The lowest BCUT2D eigenvalue weighted by molar-refractivity contribution is -0.139. The van der Waals surface area contributed by atoms with Crippen LogP contribution in [0.5, 0.6) is 5.75 Å². The van der Waals surface area contributed by atoms with Gasteiger partial charge in [0.2, 0.25) is 5.91 Å². The van der Waals surface area contributed by atoms with E-state index in [1.54, 1.807) is 52.0 Å². The molecule has 1 fully saturated rings. The zero-order valence-corrected chi connectivity index (χ0v) is 26.4. The second kappa shape index (κ2) is 12.0. The molecule has 0 radical (unpaired) electrons. The summed E-state index contributed by atoms with van der Waals surface area (Å²) in [6.07, 6.45) is 5.17. The van der Waals surface area contributed by atoms with E-state index in [-0.39, 0.29) is 37.4 Å². The van der Waals surface area contributed by atoms with Crippen molar-refractivity contribution in [1.82, 2.24) is 4.90 Å². The lowest BCUT2D eigenvalue weighted by Gasteiger charge is -2.28. The zero-order chi connectivity index (χ0) is 32.9. The standard InChI is InChI=1S/C38H37N3O6/c1-24(8-3-16-34(43)39-19-7-13-28(39)23-42)38(46)31-21-29(47-2)17-18-32(31)40(37(38)45)22-25-9-4-12-27(20-25)41-33-15-6-11-26-10-5-14-30(35(26)33)36(41)44/h3-6,8-12,14-15,17-18,20-21,24,28,42,46H,7,13,16,19,22-23H2,1-2H3/b8-3+/t24-,28+,38+/m1/s1. The van der Waals surface area contributed by atoms with E-state index in [2.05, 4.69) is 0 Å². The van der Waals surface area contributed by atoms with Gasteiger partial charge in [0.05, 0.1) is 43.2 Å². The van der Waals surface area contributed by atoms with Crippen molar-refractivity contribution >= 4 is 45.6 Å². The van der Waals surface area contributed by atoms with Crippen molar-refractivity contribution in [3.63, 3.8) is 0 Å². The molecule has 3 heterocycles. The molecule has 4 aromatic rings. The normalized spacial score (nSPS) is 20.9. The monoisotopic (exact) mass is 631 g/mol. The maximum atomic E-state index is 14.2. The Hall–Kier alpha value is -4.99. The highest BCUT2D eigenvalue weighted by atomic mass is 16.5. The van der Waals surface area contributed by atoms with Crippen LogP contribution in [0, 0.1) is 5.92 Å². The fourth-order valence-corrected chi connectivity index (χ4v) is 7.34. The number of carbonyl (C=O) groups excluding carboxylic acids is 3. The van der Waals surface area contributed by atoms with Gasteiger partial charge in [-0.15, -0.1) is 0 Å². The van der Waals surface area contributed by atoms with Gasteiger partial charge in [0, 0.05) is 35.5 Å². The minimum absolute atomic E-state index is 0.0599. The number of aliphatic hydroxyl groups excluding tert-OH is 1. The summed E-state index contributed by atoms with van der Waals surface area (Å²) in [5.74, 6) is -0.833. The number of carbonyl (C=O) groups is 3. The summed E-state index contributed by atoms with van der Waals surface area (Å²) in [7, 11) is 1.53. The predicted octanol–water partition coefficient (Wildman–Crippen LogP) is 5.44. The number of aliphatic hydroxyl groups is 2. The Morgan fingerprint density at radius 2 is 1.83 bits per heavy atom. The summed E-state index contributed by atoms with van der Waals surface area (Å²) < 4.78 is 5.46. The largest absolute Gasteiger partial charge is 0.497 e. The molecule has 240 valence electrons. The van der Waals surface area contributed by atoms with Crippen LogP contribution in [0.3, 0.4) is 0 Å². The highest BCUT2D eigenvalue weighted by Gasteiger charge is 2.52. The second-order valence-corrected chi connectivity index (χ2v) is 12.5. The molecule has 3 aliphatic rings. The van der Waals surface area contributed by atoms with E-state index in [1.807, 2.05) is 60.7 Å². The van der Waals surface area contributed by atoms with Gasteiger partial charge in [-0.1, -0.05) is 55.5 Å². The highest BCUT2D eigenvalue weighted by molar-refractivity contribution is 6.27. The summed E-state index contributed by atoms with van der Waals surface area (Å²) in [6, 6.07) is 24.2. The molecule has 1 saturated heterocycles. The van der Waals surface area contributed by atoms with Crippen molar-refractivity contribution in [2.45, 2.75) is 44.4 Å². The van der Waals surface area contributed by atoms with Crippen LogP contribution in [-0.4, -0.2) is 59.1 Å². The number of amides is 3. The third-order valence-corrected chi connectivity index (χ3v) is 9.83. The molecule has 0 unspecified atom stereocenters. The molecule has 0 saturated carbocycles.